The number of piperazine rings is 1. The maximum Gasteiger partial charge on any atom is 0.222 e. The SMILES string of the molecule is CC(C)CCC(=O)N1CCN(c2ccncc2N)CC1. The van der Waals surface area contributed by atoms with Gasteiger partial charge in [0.1, 0.15) is 0 Å². The summed E-state index contributed by atoms with van der Waals surface area (Å²) < 4.78 is 0. The summed E-state index contributed by atoms with van der Waals surface area (Å²) >= 11 is 0. The zero-order valence-corrected chi connectivity index (χ0v) is 12.4. The van der Waals surface area contributed by atoms with Crippen LogP contribution in [0.3, 0.4) is 0 Å². The number of aromatic nitrogens is 1. The first-order chi connectivity index (χ1) is 9.58. The molecular formula is C15H24N4O. The van der Waals surface area contributed by atoms with Crippen molar-refractivity contribution in [3.8, 4) is 0 Å². The average molecular weight is 276 g/mol. The molecule has 1 aliphatic heterocycles. The third-order valence-corrected chi connectivity index (χ3v) is 3.74. The molecule has 1 aliphatic rings. The van der Waals surface area contributed by atoms with Gasteiger partial charge in [-0.3, -0.25) is 9.78 Å². The molecule has 0 unspecified atom stereocenters. The van der Waals surface area contributed by atoms with E-state index in [1.165, 1.54) is 0 Å². The van der Waals surface area contributed by atoms with Crippen LogP contribution in [0, 0.1) is 5.92 Å². The molecule has 0 aliphatic carbocycles. The Hall–Kier alpha value is -1.78. The second-order valence-electron chi connectivity index (χ2n) is 5.73. The third kappa shape index (κ3) is 3.62. The van der Waals surface area contributed by atoms with E-state index >= 15 is 0 Å². The van der Waals surface area contributed by atoms with Gasteiger partial charge in [0.05, 0.1) is 17.6 Å². The molecule has 20 heavy (non-hydrogen) atoms. The lowest BCUT2D eigenvalue weighted by atomic mass is 10.1. The maximum atomic E-state index is 12.1. The van der Waals surface area contributed by atoms with E-state index in [2.05, 4.69) is 23.7 Å². The Morgan fingerprint density at radius 3 is 2.65 bits per heavy atom. The first kappa shape index (κ1) is 14.6. The zero-order valence-electron chi connectivity index (χ0n) is 12.4. The molecule has 1 fully saturated rings. The quantitative estimate of drug-likeness (QED) is 0.910. The van der Waals surface area contributed by atoms with Crippen LogP contribution < -0.4 is 10.6 Å². The summed E-state index contributed by atoms with van der Waals surface area (Å²) in [7, 11) is 0. The highest BCUT2D eigenvalue weighted by molar-refractivity contribution is 5.76. The predicted octanol–water partition coefficient (Wildman–Crippen LogP) is 1.75. The van der Waals surface area contributed by atoms with Crippen molar-refractivity contribution in [3.05, 3.63) is 18.5 Å². The molecule has 110 valence electrons. The molecule has 2 N–H and O–H groups in total. The molecule has 0 radical (unpaired) electrons. The fraction of sp³-hybridized carbons (Fsp3) is 0.600. The Morgan fingerprint density at radius 2 is 2.05 bits per heavy atom. The lowest BCUT2D eigenvalue weighted by Crippen LogP contribution is -2.49. The van der Waals surface area contributed by atoms with E-state index in [0.29, 0.717) is 18.0 Å². The van der Waals surface area contributed by atoms with Gasteiger partial charge in [-0.25, -0.2) is 0 Å². The molecular weight excluding hydrogens is 252 g/mol. The van der Waals surface area contributed by atoms with E-state index in [-0.39, 0.29) is 5.91 Å². The van der Waals surface area contributed by atoms with Gasteiger partial charge in [-0.2, -0.15) is 0 Å². The van der Waals surface area contributed by atoms with E-state index in [0.717, 1.165) is 38.3 Å². The molecule has 1 aromatic heterocycles. The number of carbonyl (C=O) groups excluding carboxylic acids is 1. The van der Waals surface area contributed by atoms with Crippen molar-refractivity contribution in [2.75, 3.05) is 36.8 Å². The first-order valence-corrected chi connectivity index (χ1v) is 7.30. The van der Waals surface area contributed by atoms with Crippen molar-refractivity contribution < 1.29 is 4.79 Å². The zero-order chi connectivity index (χ0) is 14.5. The Labute approximate surface area is 120 Å². The van der Waals surface area contributed by atoms with E-state index < -0.39 is 0 Å². The normalized spacial score (nSPS) is 15.8. The van der Waals surface area contributed by atoms with Gasteiger partial charge in [-0.15, -0.1) is 0 Å². The van der Waals surface area contributed by atoms with Gasteiger partial charge < -0.3 is 15.5 Å². The first-order valence-electron chi connectivity index (χ1n) is 7.30. The van der Waals surface area contributed by atoms with Gasteiger partial charge in [0, 0.05) is 38.8 Å². The fourth-order valence-corrected chi connectivity index (χ4v) is 2.45. The monoisotopic (exact) mass is 276 g/mol. The van der Waals surface area contributed by atoms with E-state index in [1.807, 2.05) is 11.0 Å². The number of carbonyl (C=O) groups is 1. The molecule has 2 rings (SSSR count). The highest BCUT2D eigenvalue weighted by Gasteiger charge is 2.22. The number of hydrogen-bond acceptors (Lipinski definition) is 4. The standard InChI is InChI=1S/C15H24N4O/c1-12(2)3-4-15(20)19-9-7-18(8-10-19)14-5-6-17-11-13(14)16/h5-6,11-12H,3-4,7-10,16H2,1-2H3. The van der Waals surface area contributed by atoms with Crippen molar-refractivity contribution in [2.24, 2.45) is 5.92 Å². The van der Waals surface area contributed by atoms with Crippen LogP contribution in [0.2, 0.25) is 0 Å². The second kappa shape index (κ2) is 6.59. The molecule has 1 amide bonds. The van der Waals surface area contributed by atoms with Crippen molar-refractivity contribution in [2.45, 2.75) is 26.7 Å². The topological polar surface area (TPSA) is 62.5 Å². The minimum atomic E-state index is 0.279. The molecule has 0 saturated carbocycles. The highest BCUT2D eigenvalue weighted by Crippen LogP contribution is 2.22. The lowest BCUT2D eigenvalue weighted by molar-refractivity contribution is -0.131. The molecule has 5 heteroatoms. The molecule has 0 atom stereocenters. The summed E-state index contributed by atoms with van der Waals surface area (Å²) in [6.45, 7) is 7.52. The van der Waals surface area contributed by atoms with Crippen molar-refractivity contribution in [1.29, 1.82) is 0 Å². The highest BCUT2D eigenvalue weighted by atomic mass is 16.2. The van der Waals surface area contributed by atoms with Crippen LogP contribution in [0.5, 0.6) is 0 Å². The number of hydrogen-bond donors (Lipinski definition) is 1. The largest absolute Gasteiger partial charge is 0.396 e. The number of nitrogens with two attached hydrogens (primary N) is 1. The van der Waals surface area contributed by atoms with Crippen LogP contribution in [0.25, 0.3) is 0 Å². The smallest absolute Gasteiger partial charge is 0.222 e. The number of amides is 1. The van der Waals surface area contributed by atoms with E-state index in [4.69, 9.17) is 5.73 Å². The number of anilines is 2. The second-order valence-corrected chi connectivity index (χ2v) is 5.73. The van der Waals surface area contributed by atoms with Crippen molar-refractivity contribution >= 4 is 17.3 Å². The van der Waals surface area contributed by atoms with Gasteiger partial charge in [0.2, 0.25) is 5.91 Å². The summed E-state index contributed by atoms with van der Waals surface area (Å²) in [5, 5.41) is 0. The Kier molecular flexibility index (Phi) is 4.82. The van der Waals surface area contributed by atoms with Crippen molar-refractivity contribution in [1.82, 2.24) is 9.88 Å². The van der Waals surface area contributed by atoms with Gasteiger partial charge in [-0.05, 0) is 18.4 Å². The Morgan fingerprint density at radius 1 is 1.35 bits per heavy atom. The molecule has 1 saturated heterocycles. The third-order valence-electron chi connectivity index (χ3n) is 3.74. The Bertz CT molecular complexity index is 453. The predicted molar refractivity (Wildman–Crippen MR) is 81.5 cm³/mol. The van der Waals surface area contributed by atoms with Gasteiger partial charge in [0.25, 0.3) is 0 Å². The van der Waals surface area contributed by atoms with Crippen LogP contribution in [0.4, 0.5) is 11.4 Å². The van der Waals surface area contributed by atoms with Crippen LogP contribution >= 0.6 is 0 Å². The summed E-state index contributed by atoms with van der Waals surface area (Å²) in [6, 6.07) is 1.94. The van der Waals surface area contributed by atoms with Crippen LogP contribution in [-0.4, -0.2) is 42.0 Å². The fourth-order valence-electron chi connectivity index (χ4n) is 2.45. The number of rotatable bonds is 4. The number of pyridine rings is 1. The molecule has 2 heterocycles. The summed E-state index contributed by atoms with van der Waals surface area (Å²) in [5.74, 6) is 0.859. The molecule has 5 nitrogen and oxygen atoms in total. The molecule has 0 bridgehead atoms. The van der Waals surface area contributed by atoms with E-state index in [1.54, 1.807) is 12.4 Å². The minimum absolute atomic E-state index is 0.279. The molecule has 0 spiro atoms. The minimum Gasteiger partial charge on any atom is -0.396 e. The van der Waals surface area contributed by atoms with Crippen molar-refractivity contribution in [3.63, 3.8) is 0 Å². The van der Waals surface area contributed by atoms with Crippen LogP contribution in [-0.2, 0) is 4.79 Å². The summed E-state index contributed by atoms with van der Waals surface area (Å²) in [4.78, 5) is 20.3. The van der Waals surface area contributed by atoms with Gasteiger partial charge in [-0.1, -0.05) is 13.8 Å². The van der Waals surface area contributed by atoms with Gasteiger partial charge >= 0.3 is 0 Å². The van der Waals surface area contributed by atoms with E-state index in [9.17, 15) is 4.79 Å². The lowest BCUT2D eigenvalue weighted by Gasteiger charge is -2.36. The molecule has 1 aromatic rings. The summed E-state index contributed by atoms with van der Waals surface area (Å²) in [6.07, 6.45) is 5.06. The maximum absolute atomic E-state index is 12.1. The Balaban J connectivity index is 1.86. The van der Waals surface area contributed by atoms with Gasteiger partial charge in [0.15, 0.2) is 0 Å². The number of nitrogen functional groups attached to an aromatic ring is 1. The molecule has 0 aromatic carbocycles. The van der Waals surface area contributed by atoms with Crippen LogP contribution in [0.15, 0.2) is 18.5 Å². The average Bonchev–Trinajstić information content (AvgIpc) is 2.45. The van der Waals surface area contributed by atoms with Crippen LogP contribution in [0.1, 0.15) is 26.7 Å². The number of nitrogens with zero attached hydrogens (tertiary/aromatic N) is 3. The summed E-state index contributed by atoms with van der Waals surface area (Å²) in [5.41, 5.74) is 7.67.